The minimum absolute atomic E-state index is 0.0673. The van der Waals surface area contributed by atoms with Gasteiger partial charge in [-0.2, -0.15) is 13.2 Å². The molecule has 0 bridgehead atoms. The molecule has 0 N–H and O–H groups in total. The van der Waals surface area contributed by atoms with E-state index in [0.29, 0.717) is 6.20 Å². The molecule has 0 amide bonds. The maximum Gasteiger partial charge on any atom is 0.451 e. The lowest BCUT2D eigenvalue weighted by atomic mass is 10.3. The van der Waals surface area contributed by atoms with Gasteiger partial charge in [0.15, 0.2) is 0 Å². The van der Waals surface area contributed by atoms with Crippen molar-refractivity contribution in [3.05, 3.63) is 17.8 Å². The molecule has 1 aromatic heterocycles. The number of oxazole rings is 1. The molecular formula is C7H6F3NO2. The highest BCUT2D eigenvalue weighted by Crippen LogP contribution is 2.29. The molecule has 0 fully saturated rings. The number of rotatable bonds is 2. The summed E-state index contributed by atoms with van der Waals surface area (Å²) in [6.07, 6.45) is -4.01. The van der Waals surface area contributed by atoms with Gasteiger partial charge in [-0.1, -0.05) is 6.92 Å². The highest BCUT2D eigenvalue weighted by molar-refractivity contribution is 5.91. The predicted molar refractivity (Wildman–Crippen MR) is 36.1 cm³/mol. The van der Waals surface area contributed by atoms with Crippen molar-refractivity contribution in [3.8, 4) is 0 Å². The zero-order chi connectivity index (χ0) is 10.1. The molecule has 1 aromatic rings. The number of halogens is 3. The summed E-state index contributed by atoms with van der Waals surface area (Å²) in [5, 5.41) is 0. The number of Topliss-reactive ketones (excluding diaryl/α,β-unsaturated/α-hetero) is 1. The number of alkyl halides is 3. The molecule has 0 saturated heterocycles. The van der Waals surface area contributed by atoms with Gasteiger partial charge >= 0.3 is 6.18 Å². The van der Waals surface area contributed by atoms with Gasteiger partial charge in [0, 0.05) is 6.42 Å². The SMILES string of the molecule is CCC(=O)c1ncc(C(F)(F)F)o1. The maximum atomic E-state index is 11.9. The van der Waals surface area contributed by atoms with E-state index in [2.05, 4.69) is 9.40 Å². The Hall–Kier alpha value is -1.33. The van der Waals surface area contributed by atoms with Gasteiger partial charge in [-0.3, -0.25) is 4.79 Å². The van der Waals surface area contributed by atoms with Gasteiger partial charge in [0.05, 0.1) is 6.20 Å². The summed E-state index contributed by atoms with van der Waals surface area (Å²) < 4.78 is 40.0. The van der Waals surface area contributed by atoms with Gasteiger partial charge in [0.2, 0.25) is 11.5 Å². The van der Waals surface area contributed by atoms with Crippen LogP contribution >= 0.6 is 0 Å². The smallest absolute Gasteiger partial charge is 0.429 e. The van der Waals surface area contributed by atoms with Crippen molar-refractivity contribution in [2.24, 2.45) is 0 Å². The molecule has 0 spiro atoms. The zero-order valence-corrected chi connectivity index (χ0v) is 6.68. The number of carbonyl (C=O) groups is 1. The largest absolute Gasteiger partial charge is 0.451 e. The molecule has 0 aliphatic carbocycles. The monoisotopic (exact) mass is 193 g/mol. The van der Waals surface area contributed by atoms with Crippen molar-refractivity contribution < 1.29 is 22.4 Å². The first-order chi connectivity index (χ1) is 5.95. The van der Waals surface area contributed by atoms with Crippen LogP contribution in [0.15, 0.2) is 10.6 Å². The topological polar surface area (TPSA) is 43.1 Å². The summed E-state index contributed by atoms with van der Waals surface area (Å²) >= 11 is 0. The number of hydrogen-bond donors (Lipinski definition) is 0. The first-order valence-electron chi connectivity index (χ1n) is 3.51. The van der Waals surface area contributed by atoms with Crippen LogP contribution in [0.2, 0.25) is 0 Å². The Bertz CT molecular complexity index is 316. The highest BCUT2D eigenvalue weighted by atomic mass is 19.4. The van der Waals surface area contributed by atoms with Crippen LogP contribution in [0.5, 0.6) is 0 Å². The molecule has 0 radical (unpaired) electrons. The van der Waals surface area contributed by atoms with E-state index in [1.54, 1.807) is 0 Å². The van der Waals surface area contributed by atoms with Gasteiger partial charge < -0.3 is 4.42 Å². The first-order valence-corrected chi connectivity index (χ1v) is 3.51. The van der Waals surface area contributed by atoms with Crippen LogP contribution in [-0.4, -0.2) is 10.8 Å². The molecule has 1 rings (SSSR count). The van der Waals surface area contributed by atoms with E-state index in [9.17, 15) is 18.0 Å². The highest BCUT2D eigenvalue weighted by Gasteiger charge is 2.36. The quantitative estimate of drug-likeness (QED) is 0.676. The number of aromatic nitrogens is 1. The zero-order valence-electron chi connectivity index (χ0n) is 6.68. The Kier molecular flexibility index (Phi) is 2.40. The van der Waals surface area contributed by atoms with Crippen LogP contribution in [0, 0.1) is 0 Å². The normalized spacial score (nSPS) is 11.7. The minimum atomic E-state index is -4.58. The second-order valence-corrected chi connectivity index (χ2v) is 2.30. The number of carbonyl (C=O) groups excluding carboxylic acids is 1. The summed E-state index contributed by atoms with van der Waals surface area (Å²) in [5.41, 5.74) is 0. The van der Waals surface area contributed by atoms with Crippen LogP contribution in [0.1, 0.15) is 29.8 Å². The van der Waals surface area contributed by atoms with E-state index in [1.165, 1.54) is 6.92 Å². The summed E-state index contributed by atoms with van der Waals surface area (Å²) in [6.45, 7) is 1.51. The molecule has 0 aliphatic rings. The lowest BCUT2D eigenvalue weighted by Gasteiger charge is -1.98. The summed E-state index contributed by atoms with van der Waals surface area (Å²) in [6, 6.07) is 0. The average molecular weight is 193 g/mol. The van der Waals surface area contributed by atoms with E-state index in [0.717, 1.165) is 0 Å². The van der Waals surface area contributed by atoms with Crippen molar-refractivity contribution >= 4 is 5.78 Å². The molecular weight excluding hydrogens is 187 g/mol. The minimum Gasteiger partial charge on any atom is -0.429 e. The molecule has 3 nitrogen and oxygen atoms in total. The van der Waals surface area contributed by atoms with Crippen molar-refractivity contribution in [2.45, 2.75) is 19.5 Å². The molecule has 13 heavy (non-hydrogen) atoms. The Balaban J connectivity index is 2.93. The molecule has 0 saturated carbocycles. The molecule has 0 aliphatic heterocycles. The van der Waals surface area contributed by atoms with E-state index in [1.807, 2.05) is 0 Å². The van der Waals surface area contributed by atoms with Crippen molar-refractivity contribution in [2.75, 3.05) is 0 Å². The second-order valence-electron chi connectivity index (χ2n) is 2.30. The summed E-state index contributed by atoms with van der Waals surface area (Å²) in [7, 11) is 0. The third-order valence-electron chi connectivity index (χ3n) is 1.34. The Morgan fingerprint density at radius 2 is 2.23 bits per heavy atom. The van der Waals surface area contributed by atoms with Crippen LogP contribution in [-0.2, 0) is 6.18 Å². The Morgan fingerprint density at radius 1 is 1.62 bits per heavy atom. The van der Waals surface area contributed by atoms with E-state index in [4.69, 9.17) is 0 Å². The number of hydrogen-bond acceptors (Lipinski definition) is 3. The number of ketones is 1. The van der Waals surface area contributed by atoms with Gasteiger partial charge in [-0.15, -0.1) is 0 Å². The maximum absolute atomic E-state index is 11.9. The fraction of sp³-hybridized carbons (Fsp3) is 0.429. The molecule has 0 aromatic carbocycles. The molecule has 6 heteroatoms. The number of nitrogens with zero attached hydrogens (tertiary/aromatic N) is 1. The van der Waals surface area contributed by atoms with Crippen LogP contribution in [0.25, 0.3) is 0 Å². The Morgan fingerprint density at radius 3 is 2.62 bits per heavy atom. The van der Waals surface area contributed by atoms with E-state index < -0.39 is 23.6 Å². The van der Waals surface area contributed by atoms with Gasteiger partial charge in [0.1, 0.15) is 0 Å². The Labute approximate surface area is 71.6 Å². The van der Waals surface area contributed by atoms with E-state index in [-0.39, 0.29) is 6.42 Å². The van der Waals surface area contributed by atoms with Gasteiger partial charge in [0.25, 0.3) is 5.89 Å². The fourth-order valence-electron chi connectivity index (χ4n) is 0.685. The lowest BCUT2D eigenvalue weighted by molar-refractivity contribution is -0.153. The third kappa shape index (κ3) is 2.07. The fourth-order valence-corrected chi connectivity index (χ4v) is 0.685. The van der Waals surface area contributed by atoms with Crippen molar-refractivity contribution in [3.63, 3.8) is 0 Å². The van der Waals surface area contributed by atoms with Crippen LogP contribution in [0.4, 0.5) is 13.2 Å². The van der Waals surface area contributed by atoms with Crippen molar-refractivity contribution in [1.82, 2.24) is 4.98 Å². The molecule has 0 unspecified atom stereocenters. The van der Waals surface area contributed by atoms with Crippen LogP contribution in [0.3, 0.4) is 0 Å². The lowest BCUT2D eigenvalue weighted by Crippen LogP contribution is -2.02. The average Bonchev–Trinajstić information content (AvgIpc) is 2.50. The summed E-state index contributed by atoms with van der Waals surface area (Å²) in [4.78, 5) is 14.0. The standard InChI is InChI=1S/C7H6F3NO2/c1-2-4(12)6-11-3-5(13-6)7(8,9)10/h3H,2H2,1H3. The molecule has 0 atom stereocenters. The second kappa shape index (κ2) is 3.20. The van der Waals surface area contributed by atoms with E-state index >= 15 is 0 Å². The predicted octanol–water partition coefficient (Wildman–Crippen LogP) is 2.29. The molecule has 1 heterocycles. The molecule has 72 valence electrons. The van der Waals surface area contributed by atoms with Crippen molar-refractivity contribution in [1.29, 1.82) is 0 Å². The van der Waals surface area contributed by atoms with Crippen LogP contribution < -0.4 is 0 Å². The first kappa shape index (κ1) is 9.76. The van der Waals surface area contributed by atoms with Gasteiger partial charge in [-0.05, 0) is 0 Å². The van der Waals surface area contributed by atoms with Gasteiger partial charge in [-0.25, -0.2) is 4.98 Å². The summed E-state index contributed by atoms with van der Waals surface area (Å²) in [5.74, 6) is -2.28. The third-order valence-corrected chi connectivity index (χ3v) is 1.34.